The molecule has 5 heteroatoms. The van der Waals surface area contributed by atoms with Gasteiger partial charge in [0.1, 0.15) is 6.29 Å². The van der Waals surface area contributed by atoms with Crippen molar-refractivity contribution < 1.29 is 17.4 Å². The lowest BCUT2D eigenvalue weighted by Gasteiger charge is -2.05. The van der Waals surface area contributed by atoms with Crippen LogP contribution >= 0.6 is 0 Å². The summed E-state index contributed by atoms with van der Waals surface area (Å²) in [5.41, 5.74) is 0.995. The first-order chi connectivity index (χ1) is 8.06. The second kappa shape index (κ2) is 6.51. The minimum absolute atomic E-state index is 0.115. The zero-order valence-electron chi connectivity index (χ0n) is 9.76. The van der Waals surface area contributed by atoms with E-state index in [0.717, 1.165) is 11.8 Å². The lowest BCUT2D eigenvalue weighted by molar-refractivity contribution is -0.107. The maximum Gasteiger partial charge on any atom is 0.296 e. The maximum atomic E-state index is 11.7. The molecule has 0 bridgehead atoms. The van der Waals surface area contributed by atoms with Crippen molar-refractivity contribution in [3.63, 3.8) is 0 Å². The van der Waals surface area contributed by atoms with Crippen molar-refractivity contribution in [1.29, 1.82) is 0 Å². The first kappa shape index (κ1) is 13.9. The van der Waals surface area contributed by atoms with Crippen LogP contribution in [0, 0.1) is 6.92 Å². The molecule has 0 aromatic heterocycles. The number of unbranched alkanes of at least 4 members (excludes halogenated alkanes) is 2. The van der Waals surface area contributed by atoms with Crippen LogP contribution < -0.4 is 0 Å². The molecule has 0 aliphatic heterocycles. The molecule has 1 rings (SSSR count). The molecule has 0 atom stereocenters. The summed E-state index contributed by atoms with van der Waals surface area (Å²) in [6.45, 7) is 2.00. The number of carbonyl (C=O) groups is 1. The second-order valence-corrected chi connectivity index (χ2v) is 5.37. The lowest BCUT2D eigenvalue weighted by Crippen LogP contribution is -2.07. The molecule has 0 heterocycles. The maximum absolute atomic E-state index is 11.7. The highest BCUT2D eigenvalue weighted by Gasteiger charge is 2.13. The number of aryl methyl sites for hydroxylation is 1. The highest BCUT2D eigenvalue weighted by atomic mass is 32.2. The van der Waals surface area contributed by atoms with Crippen molar-refractivity contribution in [3.05, 3.63) is 29.8 Å². The average molecular weight is 256 g/mol. The molecule has 17 heavy (non-hydrogen) atoms. The standard InChI is InChI=1S/C12H16O4S/c1-11-5-7-12(8-6-11)17(14,15)16-10-4-2-3-9-13/h5-9H,2-4,10H2,1H3. The Morgan fingerprint density at radius 1 is 1.18 bits per heavy atom. The van der Waals surface area contributed by atoms with E-state index in [4.69, 9.17) is 4.18 Å². The topological polar surface area (TPSA) is 60.4 Å². The van der Waals surface area contributed by atoms with Gasteiger partial charge in [0.2, 0.25) is 0 Å². The van der Waals surface area contributed by atoms with Crippen molar-refractivity contribution in [2.24, 2.45) is 0 Å². The van der Waals surface area contributed by atoms with Gasteiger partial charge in [-0.15, -0.1) is 0 Å². The predicted octanol–water partition coefficient (Wildman–Crippen LogP) is 2.07. The Bertz CT molecular complexity index is 448. The van der Waals surface area contributed by atoms with E-state index in [1.54, 1.807) is 12.1 Å². The van der Waals surface area contributed by atoms with Gasteiger partial charge in [-0.25, -0.2) is 0 Å². The number of hydrogen-bond donors (Lipinski definition) is 0. The van der Waals surface area contributed by atoms with Crippen LogP contribution in [0.3, 0.4) is 0 Å². The van der Waals surface area contributed by atoms with E-state index in [0.29, 0.717) is 19.3 Å². The normalized spacial score (nSPS) is 11.4. The van der Waals surface area contributed by atoms with Crippen LogP contribution in [0.4, 0.5) is 0 Å². The molecule has 0 saturated heterocycles. The smallest absolute Gasteiger partial charge is 0.296 e. The van der Waals surface area contributed by atoms with Crippen LogP contribution in [0.25, 0.3) is 0 Å². The molecule has 0 aliphatic carbocycles. The van der Waals surface area contributed by atoms with Gasteiger partial charge >= 0.3 is 0 Å². The van der Waals surface area contributed by atoms with Gasteiger partial charge in [0, 0.05) is 6.42 Å². The van der Waals surface area contributed by atoms with Gasteiger partial charge in [-0.1, -0.05) is 17.7 Å². The number of aldehydes is 1. The number of benzene rings is 1. The molecule has 0 spiro atoms. The minimum atomic E-state index is -3.65. The van der Waals surface area contributed by atoms with Gasteiger partial charge in [0.25, 0.3) is 10.1 Å². The monoisotopic (exact) mass is 256 g/mol. The van der Waals surface area contributed by atoms with Crippen molar-refractivity contribution in [3.8, 4) is 0 Å². The fourth-order valence-electron chi connectivity index (χ4n) is 1.27. The van der Waals surface area contributed by atoms with Gasteiger partial charge < -0.3 is 4.79 Å². The summed E-state index contributed by atoms with van der Waals surface area (Å²) in [4.78, 5) is 10.2. The van der Waals surface area contributed by atoms with E-state index in [2.05, 4.69) is 0 Å². The Labute approximate surface area is 102 Å². The molecule has 0 aliphatic rings. The second-order valence-electron chi connectivity index (χ2n) is 3.75. The van der Waals surface area contributed by atoms with E-state index in [9.17, 15) is 13.2 Å². The third-order valence-corrected chi connectivity index (χ3v) is 3.59. The fourth-order valence-corrected chi connectivity index (χ4v) is 2.21. The molecular weight excluding hydrogens is 240 g/mol. The Morgan fingerprint density at radius 2 is 1.82 bits per heavy atom. The van der Waals surface area contributed by atoms with Crippen LogP contribution in [0.2, 0.25) is 0 Å². The Morgan fingerprint density at radius 3 is 2.41 bits per heavy atom. The summed E-state index contributed by atoms with van der Waals surface area (Å²) in [5, 5.41) is 0. The number of hydrogen-bond acceptors (Lipinski definition) is 4. The molecule has 0 fully saturated rings. The molecule has 0 unspecified atom stereocenters. The summed E-state index contributed by atoms with van der Waals surface area (Å²) in [5.74, 6) is 0. The van der Waals surface area contributed by atoms with Gasteiger partial charge in [-0.2, -0.15) is 8.42 Å². The van der Waals surface area contributed by atoms with Gasteiger partial charge in [-0.05, 0) is 31.9 Å². The van der Waals surface area contributed by atoms with Crippen LogP contribution in [0.15, 0.2) is 29.2 Å². The fraction of sp³-hybridized carbons (Fsp3) is 0.417. The van der Waals surface area contributed by atoms with E-state index < -0.39 is 10.1 Å². The van der Waals surface area contributed by atoms with Crippen molar-refractivity contribution >= 4 is 16.4 Å². The van der Waals surface area contributed by atoms with Gasteiger partial charge in [0.05, 0.1) is 11.5 Å². The Balaban J connectivity index is 2.51. The summed E-state index contributed by atoms with van der Waals surface area (Å²) in [7, 11) is -3.65. The van der Waals surface area contributed by atoms with Crippen LogP contribution in [0.1, 0.15) is 24.8 Å². The highest BCUT2D eigenvalue weighted by Crippen LogP contribution is 2.13. The molecule has 1 aromatic rings. The molecule has 0 saturated carbocycles. The zero-order valence-corrected chi connectivity index (χ0v) is 10.6. The van der Waals surface area contributed by atoms with E-state index in [1.807, 2.05) is 6.92 Å². The third-order valence-electron chi connectivity index (χ3n) is 2.26. The third kappa shape index (κ3) is 4.66. The highest BCUT2D eigenvalue weighted by molar-refractivity contribution is 7.86. The van der Waals surface area contributed by atoms with Crippen molar-refractivity contribution in [2.45, 2.75) is 31.1 Å². The van der Waals surface area contributed by atoms with E-state index >= 15 is 0 Å². The average Bonchev–Trinajstić information content (AvgIpc) is 2.29. The van der Waals surface area contributed by atoms with E-state index in [-0.39, 0.29) is 11.5 Å². The van der Waals surface area contributed by atoms with Gasteiger partial charge in [0.15, 0.2) is 0 Å². The molecule has 4 nitrogen and oxygen atoms in total. The van der Waals surface area contributed by atoms with Crippen molar-refractivity contribution in [1.82, 2.24) is 0 Å². The number of carbonyl (C=O) groups excluding carboxylic acids is 1. The van der Waals surface area contributed by atoms with Gasteiger partial charge in [-0.3, -0.25) is 4.18 Å². The summed E-state index contributed by atoms with van der Waals surface area (Å²) < 4.78 is 28.2. The lowest BCUT2D eigenvalue weighted by atomic mass is 10.2. The largest absolute Gasteiger partial charge is 0.303 e. The predicted molar refractivity (Wildman–Crippen MR) is 64.2 cm³/mol. The van der Waals surface area contributed by atoms with Crippen molar-refractivity contribution in [2.75, 3.05) is 6.61 Å². The molecule has 0 amide bonds. The van der Waals surface area contributed by atoms with Crippen LogP contribution in [-0.2, 0) is 19.1 Å². The summed E-state index contributed by atoms with van der Waals surface area (Å²) >= 11 is 0. The molecule has 0 N–H and O–H groups in total. The summed E-state index contributed by atoms with van der Waals surface area (Å²) in [6.07, 6.45) is 2.46. The summed E-state index contributed by atoms with van der Waals surface area (Å²) in [6, 6.07) is 6.50. The number of rotatable bonds is 7. The van der Waals surface area contributed by atoms with E-state index in [1.165, 1.54) is 12.1 Å². The Kier molecular flexibility index (Phi) is 5.31. The molecule has 0 radical (unpaired) electrons. The van der Waals surface area contributed by atoms with Crippen LogP contribution in [0.5, 0.6) is 0 Å². The molecule has 94 valence electrons. The quantitative estimate of drug-likeness (QED) is 0.425. The minimum Gasteiger partial charge on any atom is -0.303 e. The first-order valence-electron chi connectivity index (χ1n) is 5.46. The molecule has 1 aromatic carbocycles. The molecular formula is C12H16O4S. The SMILES string of the molecule is Cc1ccc(S(=O)(=O)OCCCCC=O)cc1. The first-order valence-corrected chi connectivity index (χ1v) is 6.87. The van der Waals surface area contributed by atoms with Crippen LogP contribution in [-0.4, -0.2) is 21.3 Å². The Hall–Kier alpha value is -1.20. The zero-order chi connectivity index (χ0) is 12.7.